The third-order valence-electron chi connectivity index (χ3n) is 2.78. The van der Waals surface area contributed by atoms with Crippen molar-refractivity contribution >= 4 is 0 Å². The summed E-state index contributed by atoms with van der Waals surface area (Å²) >= 11 is 0. The summed E-state index contributed by atoms with van der Waals surface area (Å²) in [5.74, 6) is 0.529. The molecule has 0 fully saturated rings. The first-order valence-corrected chi connectivity index (χ1v) is 5.00. The lowest BCUT2D eigenvalue weighted by Gasteiger charge is -2.18. The van der Waals surface area contributed by atoms with Gasteiger partial charge in [0.05, 0.1) is 5.69 Å². The maximum atomic E-state index is 5.94. The zero-order valence-electron chi connectivity index (χ0n) is 8.30. The molecule has 72 valence electrons. The second-order valence-electron chi connectivity index (χ2n) is 4.22. The van der Waals surface area contributed by atoms with Gasteiger partial charge in [0.15, 0.2) is 0 Å². The van der Waals surface area contributed by atoms with E-state index in [0.29, 0.717) is 12.0 Å². The Balaban J connectivity index is 2.35. The average molecular weight is 179 g/mol. The van der Waals surface area contributed by atoms with Gasteiger partial charge in [-0.05, 0) is 30.7 Å². The van der Waals surface area contributed by atoms with Crippen LogP contribution in [-0.4, -0.2) is 16.2 Å². The van der Waals surface area contributed by atoms with Crippen LogP contribution in [0.5, 0.6) is 0 Å². The van der Waals surface area contributed by atoms with E-state index in [9.17, 15) is 0 Å². The highest BCUT2D eigenvalue weighted by Gasteiger charge is 2.22. The largest absolute Gasteiger partial charge is 0.327 e. The molecule has 0 aromatic carbocycles. The Labute approximate surface area is 78.7 Å². The van der Waals surface area contributed by atoms with E-state index in [4.69, 9.17) is 5.73 Å². The molecule has 3 nitrogen and oxygen atoms in total. The topological polar surface area (TPSA) is 54.7 Å². The molecule has 0 radical (unpaired) electrons. The highest BCUT2D eigenvalue weighted by Crippen LogP contribution is 2.26. The fourth-order valence-electron chi connectivity index (χ4n) is 2.02. The van der Waals surface area contributed by atoms with Crippen molar-refractivity contribution in [2.45, 2.75) is 45.1 Å². The van der Waals surface area contributed by atoms with Crippen molar-refractivity contribution in [1.29, 1.82) is 0 Å². The van der Waals surface area contributed by atoms with Gasteiger partial charge in [0, 0.05) is 11.7 Å². The molecular formula is C10H17N3. The van der Waals surface area contributed by atoms with E-state index >= 15 is 0 Å². The lowest BCUT2D eigenvalue weighted by molar-refractivity contribution is 0.567. The fourth-order valence-corrected chi connectivity index (χ4v) is 2.02. The summed E-state index contributed by atoms with van der Waals surface area (Å²) < 4.78 is 0. The lowest BCUT2D eigenvalue weighted by Crippen LogP contribution is -2.28. The molecule has 0 bridgehead atoms. The summed E-state index contributed by atoms with van der Waals surface area (Å²) in [6, 6.07) is 0.336. The summed E-state index contributed by atoms with van der Waals surface area (Å²) in [4.78, 5) is 0. The third kappa shape index (κ3) is 1.48. The summed E-state index contributed by atoms with van der Waals surface area (Å²) in [6.07, 6.45) is 3.12. The molecule has 0 aliphatic heterocycles. The number of nitrogens with zero attached hydrogens (tertiary/aromatic N) is 1. The Morgan fingerprint density at radius 1 is 1.54 bits per heavy atom. The number of rotatable bonds is 1. The summed E-state index contributed by atoms with van der Waals surface area (Å²) in [7, 11) is 0. The molecule has 13 heavy (non-hydrogen) atoms. The first kappa shape index (κ1) is 8.75. The smallest absolute Gasteiger partial charge is 0.0658 e. The quantitative estimate of drug-likeness (QED) is 0.683. The SMILES string of the molecule is CC(C)c1[nH]nc2c1C[C@H](N)CC2. The average Bonchev–Trinajstić information content (AvgIpc) is 2.46. The van der Waals surface area contributed by atoms with Crippen LogP contribution in [0.1, 0.15) is 43.1 Å². The lowest BCUT2D eigenvalue weighted by atomic mass is 9.90. The van der Waals surface area contributed by atoms with Gasteiger partial charge in [0.1, 0.15) is 0 Å². The molecule has 3 heteroatoms. The van der Waals surface area contributed by atoms with Crippen molar-refractivity contribution < 1.29 is 0 Å². The predicted octanol–water partition coefficient (Wildman–Crippen LogP) is 1.35. The number of aryl methyl sites for hydroxylation is 1. The van der Waals surface area contributed by atoms with Crippen molar-refractivity contribution in [3.8, 4) is 0 Å². The zero-order chi connectivity index (χ0) is 9.42. The third-order valence-corrected chi connectivity index (χ3v) is 2.78. The summed E-state index contributed by atoms with van der Waals surface area (Å²) in [5, 5.41) is 7.46. The molecule has 3 N–H and O–H groups in total. The monoisotopic (exact) mass is 179 g/mol. The van der Waals surface area contributed by atoms with Crippen molar-refractivity contribution in [2.75, 3.05) is 0 Å². The Morgan fingerprint density at radius 3 is 3.00 bits per heavy atom. The van der Waals surface area contributed by atoms with Crippen molar-refractivity contribution in [3.05, 3.63) is 17.0 Å². The van der Waals surface area contributed by atoms with Crippen LogP contribution in [0.3, 0.4) is 0 Å². The molecule has 1 atom stereocenters. The molecule has 1 aliphatic carbocycles. The second-order valence-corrected chi connectivity index (χ2v) is 4.22. The van der Waals surface area contributed by atoms with Crippen LogP contribution >= 0.6 is 0 Å². The van der Waals surface area contributed by atoms with Crippen LogP contribution in [-0.2, 0) is 12.8 Å². The molecule has 0 spiro atoms. The van der Waals surface area contributed by atoms with Gasteiger partial charge in [-0.25, -0.2) is 0 Å². The van der Waals surface area contributed by atoms with E-state index in [1.165, 1.54) is 17.0 Å². The molecule has 0 saturated heterocycles. The van der Waals surface area contributed by atoms with Crippen LogP contribution < -0.4 is 5.73 Å². The van der Waals surface area contributed by atoms with E-state index in [1.54, 1.807) is 0 Å². The number of aromatic nitrogens is 2. The van der Waals surface area contributed by atoms with Gasteiger partial charge in [0.2, 0.25) is 0 Å². The molecule has 1 heterocycles. The first-order valence-electron chi connectivity index (χ1n) is 5.00. The second kappa shape index (κ2) is 3.14. The van der Waals surface area contributed by atoms with Gasteiger partial charge in [-0.2, -0.15) is 5.10 Å². The predicted molar refractivity (Wildman–Crippen MR) is 52.7 cm³/mol. The Morgan fingerprint density at radius 2 is 2.31 bits per heavy atom. The van der Waals surface area contributed by atoms with Gasteiger partial charge in [-0.1, -0.05) is 13.8 Å². The van der Waals surface area contributed by atoms with Crippen LogP contribution in [0.2, 0.25) is 0 Å². The minimum Gasteiger partial charge on any atom is -0.327 e. The number of fused-ring (bicyclic) bond motifs is 1. The number of hydrogen-bond donors (Lipinski definition) is 2. The van der Waals surface area contributed by atoms with Gasteiger partial charge in [-0.15, -0.1) is 0 Å². The maximum Gasteiger partial charge on any atom is 0.0658 e. The number of aromatic amines is 1. The molecule has 0 amide bonds. The van der Waals surface area contributed by atoms with Crippen molar-refractivity contribution in [1.82, 2.24) is 10.2 Å². The van der Waals surface area contributed by atoms with Crippen LogP contribution in [0.15, 0.2) is 0 Å². The fraction of sp³-hybridized carbons (Fsp3) is 0.700. The number of hydrogen-bond acceptors (Lipinski definition) is 2. The van der Waals surface area contributed by atoms with Crippen LogP contribution in [0, 0.1) is 0 Å². The number of nitrogens with one attached hydrogen (secondary N) is 1. The highest BCUT2D eigenvalue weighted by molar-refractivity contribution is 5.30. The van der Waals surface area contributed by atoms with E-state index < -0.39 is 0 Å². The highest BCUT2D eigenvalue weighted by atomic mass is 15.1. The van der Waals surface area contributed by atoms with Gasteiger partial charge in [-0.3, -0.25) is 5.10 Å². The molecular weight excluding hydrogens is 162 g/mol. The van der Waals surface area contributed by atoms with E-state index in [1.807, 2.05) is 0 Å². The Hall–Kier alpha value is -0.830. The normalized spacial score (nSPS) is 22.0. The van der Waals surface area contributed by atoms with E-state index in [2.05, 4.69) is 24.0 Å². The standard InChI is InChI=1S/C10H17N3/c1-6(2)10-8-5-7(11)3-4-9(8)12-13-10/h6-7H,3-5,11H2,1-2H3,(H,12,13)/t7-/m1/s1. The maximum absolute atomic E-state index is 5.94. The van der Waals surface area contributed by atoms with Crippen LogP contribution in [0.25, 0.3) is 0 Å². The molecule has 1 aliphatic rings. The van der Waals surface area contributed by atoms with Gasteiger partial charge >= 0.3 is 0 Å². The minimum absolute atomic E-state index is 0.336. The molecule has 0 saturated carbocycles. The minimum atomic E-state index is 0.336. The molecule has 1 aromatic rings. The van der Waals surface area contributed by atoms with Gasteiger partial charge < -0.3 is 5.73 Å². The van der Waals surface area contributed by atoms with Crippen molar-refractivity contribution in [3.63, 3.8) is 0 Å². The van der Waals surface area contributed by atoms with Crippen LogP contribution in [0.4, 0.5) is 0 Å². The first-order chi connectivity index (χ1) is 6.18. The van der Waals surface area contributed by atoms with E-state index in [0.717, 1.165) is 19.3 Å². The molecule has 0 unspecified atom stereocenters. The zero-order valence-corrected chi connectivity index (χ0v) is 8.30. The van der Waals surface area contributed by atoms with E-state index in [-0.39, 0.29) is 0 Å². The summed E-state index contributed by atoms with van der Waals surface area (Å²) in [6.45, 7) is 4.38. The Kier molecular flexibility index (Phi) is 2.12. The Bertz CT molecular complexity index is 301. The number of nitrogens with two attached hydrogens (primary N) is 1. The number of H-pyrrole nitrogens is 1. The molecule has 2 rings (SSSR count). The van der Waals surface area contributed by atoms with Crippen molar-refractivity contribution in [2.24, 2.45) is 5.73 Å². The van der Waals surface area contributed by atoms with Gasteiger partial charge in [0.25, 0.3) is 0 Å². The molecule has 1 aromatic heterocycles. The summed E-state index contributed by atoms with van der Waals surface area (Å²) in [5.41, 5.74) is 9.84.